The highest BCUT2D eigenvalue weighted by molar-refractivity contribution is 7.13. The molecule has 42 heavy (non-hydrogen) atoms. The van der Waals surface area contributed by atoms with Crippen LogP contribution in [0.5, 0.6) is 11.5 Å². The minimum absolute atomic E-state index is 0.0444. The molecule has 2 aromatic heterocycles. The minimum atomic E-state index is -1.09. The van der Waals surface area contributed by atoms with Gasteiger partial charge in [0.05, 0.1) is 4.88 Å². The summed E-state index contributed by atoms with van der Waals surface area (Å²) < 4.78 is 24.9. The van der Waals surface area contributed by atoms with Gasteiger partial charge in [-0.05, 0) is 57.6 Å². The van der Waals surface area contributed by atoms with Crippen molar-refractivity contribution in [1.29, 1.82) is 0 Å². The van der Waals surface area contributed by atoms with Gasteiger partial charge in [0.1, 0.15) is 18.4 Å². The Hall–Kier alpha value is -5.10. The van der Waals surface area contributed by atoms with Gasteiger partial charge in [-0.3, -0.25) is 9.59 Å². The van der Waals surface area contributed by atoms with Crippen LogP contribution in [0.4, 0.5) is 4.39 Å². The molecule has 0 aliphatic carbocycles. The normalized spacial score (nSPS) is 12.6. The van der Waals surface area contributed by atoms with Crippen LogP contribution >= 0.6 is 11.3 Å². The van der Waals surface area contributed by atoms with Crippen LogP contribution in [0.3, 0.4) is 0 Å². The molecule has 5 aromatic rings. The molecule has 3 heterocycles. The van der Waals surface area contributed by atoms with Crippen LogP contribution in [0.1, 0.15) is 22.7 Å². The van der Waals surface area contributed by atoms with Crippen molar-refractivity contribution in [2.45, 2.75) is 25.7 Å². The summed E-state index contributed by atoms with van der Waals surface area (Å²) in [6.07, 6.45) is 0. The molecule has 1 N–H and O–H groups in total. The first kappa shape index (κ1) is 27.1. The minimum Gasteiger partial charge on any atom is -0.454 e. The average molecular weight is 585 g/mol. The number of fused-ring (bicyclic) bond motifs is 1. The quantitative estimate of drug-likeness (QED) is 0.260. The molecule has 2 amide bonds. The number of ether oxygens (including phenoxy) is 2. The highest BCUT2D eigenvalue weighted by Gasteiger charge is 2.32. The molecule has 12 heteroatoms. The molecule has 0 saturated heterocycles. The highest BCUT2D eigenvalue weighted by atomic mass is 32.1. The molecule has 0 saturated carbocycles. The zero-order valence-electron chi connectivity index (χ0n) is 22.2. The van der Waals surface area contributed by atoms with Crippen LogP contribution in [0.2, 0.25) is 0 Å². The number of carbonyl (C=O) groups is 2. The second-order valence-corrected chi connectivity index (χ2v) is 10.4. The first-order valence-corrected chi connectivity index (χ1v) is 14.0. The van der Waals surface area contributed by atoms with E-state index in [9.17, 15) is 14.0 Å². The monoisotopic (exact) mass is 584 g/mol. The lowest BCUT2D eigenvalue weighted by Gasteiger charge is -2.31. The predicted molar refractivity (Wildman–Crippen MR) is 152 cm³/mol. The van der Waals surface area contributed by atoms with Gasteiger partial charge in [0, 0.05) is 13.1 Å². The number of amides is 2. The predicted octanol–water partition coefficient (Wildman–Crippen LogP) is 4.36. The number of hydrogen-bond acceptors (Lipinski definition) is 8. The molecule has 0 fully saturated rings. The molecule has 10 nitrogen and oxygen atoms in total. The number of halogens is 1. The molecular formula is C30H25FN6O4S. The SMILES string of the molecule is O=C(NCc1ccccc1)[C@@H](c1ccc(F)cc1)N(Cc1ccc2c(c1)OCO2)C(=O)Cn1nnc(-c2cccs2)n1. The van der Waals surface area contributed by atoms with Crippen LogP contribution < -0.4 is 14.8 Å². The van der Waals surface area contributed by atoms with E-state index < -0.39 is 23.7 Å². The lowest BCUT2D eigenvalue weighted by Crippen LogP contribution is -2.44. The van der Waals surface area contributed by atoms with E-state index in [1.54, 1.807) is 18.2 Å². The molecule has 0 unspecified atom stereocenters. The van der Waals surface area contributed by atoms with Gasteiger partial charge in [-0.25, -0.2) is 4.39 Å². The number of carbonyl (C=O) groups excluding carboxylic acids is 2. The van der Waals surface area contributed by atoms with E-state index in [0.717, 1.165) is 10.4 Å². The number of hydrogen-bond donors (Lipinski definition) is 1. The number of aromatic nitrogens is 4. The van der Waals surface area contributed by atoms with Crippen LogP contribution in [-0.4, -0.2) is 43.7 Å². The highest BCUT2D eigenvalue weighted by Crippen LogP contribution is 2.34. The van der Waals surface area contributed by atoms with Gasteiger partial charge >= 0.3 is 0 Å². The third kappa shape index (κ3) is 6.13. The van der Waals surface area contributed by atoms with Gasteiger partial charge in [0.25, 0.3) is 0 Å². The van der Waals surface area contributed by atoms with Crippen molar-refractivity contribution in [1.82, 2.24) is 30.4 Å². The van der Waals surface area contributed by atoms with Gasteiger partial charge in [0.15, 0.2) is 11.5 Å². The molecule has 1 atom stereocenters. The van der Waals surface area contributed by atoms with Crippen LogP contribution in [0, 0.1) is 5.82 Å². The molecule has 1 aliphatic rings. The summed E-state index contributed by atoms with van der Waals surface area (Å²) in [4.78, 5) is 31.3. The Labute approximate surface area is 244 Å². The molecule has 1 aliphatic heterocycles. The number of tetrazole rings is 1. The van der Waals surface area contributed by atoms with E-state index in [2.05, 4.69) is 20.7 Å². The average Bonchev–Trinajstić information content (AvgIpc) is 3.79. The van der Waals surface area contributed by atoms with Crippen molar-refractivity contribution in [3.8, 4) is 22.2 Å². The topological polar surface area (TPSA) is 111 Å². The summed E-state index contributed by atoms with van der Waals surface area (Å²) in [5.41, 5.74) is 2.05. The van der Waals surface area contributed by atoms with Crippen LogP contribution in [0.25, 0.3) is 10.7 Å². The fourth-order valence-electron chi connectivity index (χ4n) is 4.59. The molecule has 3 aromatic carbocycles. The number of benzene rings is 3. The maximum atomic E-state index is 14.0. The lowest BCUT2D eigenvalue weighted by molar-refractivity contribution is -0.142. The van der Waals surface area contributed by atoms with Crippen molar-refractivity contribution in [2.75, 3.05) is 6.79 Å². The zero-order chi connectivity index (χ0) is 28.9. The van der Waals surface area contributed by atoms with E-state index in [4.69, 9.17) is 9.47 Å². The van der Waals surface area contributed by atoms with Gasteiger partial charge < -0.3 is 19.7 Å². The first-order valence-electron chi connectivity index (χ1n) is 13.1. The molecule has 0 bridgehead atoms. The fraction of sp³-hybridized carbons (Fsp3) is 0.167. The summed E-state index contributed by atoms with van der Waals surface area (Å²) in [5.74, 6) is 0.225. The van der Waals surface area contributed by atoms with Crippen LogP contribution in [-0.2, 0) is 29.2 Å². The van der Waals surface area contributed by atoms with Gasteiger partial charge in [-0.1, -0.05) is 54.6 Å². The summed E-state index contributed by atoms with van der Waals surface area (Å²) in [6, 6.07) is 23.0. The Balaban J connectivity index is 1.33. The maximum Gasteiger partial charge on any atom is 0.247 e. The standard InChI is InChI=1S/C30H25FN6O4S/c31-23-11-9-22(10-12-23)28(30(39)32-16-20-5-2-1-3-6-20)36(17-21-8-13-24-25(15-21)41-19-40-24)27(38)18-37-34-29(33-35-37)26-7-4-14-42-26/h1-15,28H,16-19H2,(H,32,39)/t28-/m1/s1. The number of rotatable bonds is 10. The van der Waals surface area contributed by atoms with Gasteiger partial charge in [-0.15, -0.1) is 21.5 Å². The van der Waals surface area contributed by atoms with Crippen molar-refractivity contribution in [2.24, 2.45) is 0 Å². The largest absolute Gasteiger partial charge is 0.454 e. The van der Waals surface area contributed by atoms with E-state index in [1.807, 2.05) is 47.8 Å². The molecular weight excluding hydrogens is 559 g/mol. The Morgan fingerprint density at radius 1 is 0.976 bits per heavy atom. The Kier molecular flexibility index (Phi) is 7.86. The summed E-state index contributed by atoms with van der Waals surface area (Å²) in [6.45, 7) is 0.125. The maximum absolute atomic E-state index is 14.0. The second kappa shape index (κ2) is 12.2. The number of nitrogens with one attached hydrogen (secondary N) is 1. The molecule has 212 valence electrons. The summed E-state index contributed by atoms with van der Waals surface area (Å²) in [5, 5.41) is 17.3. The Morgan fingerprint density at radius 3 is 2.57 bits per heavy atom. The van der Waals surface area contributed by atoms with Crippen molar-refractivity contribution < 1.29 is 23.5 Å². The third-order valence-electron chi connectivity index (χ3n) is 6.64. The van der Waals surface area contributed by atoms with Crippen molar-refractivity contribution >= 4 is 23.2 Å². The number of nitrogens with zero attached hydrogens (tertiary/aromatic N) is 5. The Morgan fingerprint density at radius 2 is 1.79 bits per heavy atom. The fourth-order valence-corrected chi connectivity index (χ4v) is 5.23. The second-order valence-electron chi connectivity index (χ2n) is 9.49. The van der Waals surface area contributed by atoms with E-state index in [-0.39, 0.29) is 26.4 Å². The van der Waals surface area contributed by atoms with Crippen LogP contribution in [0.15, 0.2) is 90.3 Å². The zero-order valence-corrected chi connectivity index (χ0v) is 23.0. The molecule has 0 spiro atoms. The van der Waals surface area contributed by atoms with Gasteiger partial charge in [-0.2, -0.15) is 4.80 Å². The van der Waals surface area contributed by atoms with E-state index in [1.165, 1.54) is 45.3 Å². The smallest absolute Gasteiger partial charge is 0.247 e. The molecule has 6 rings (SSSR count). The number of thiophene rings is 1. The first-order chi connectivity index (χ1) is 20.5. The van der Waals surface area contributed by atoms with Crippen molar-refractivity contribution in [3.63, 3.8) is 0 Å². The van der Waals surface area contributed by atoms with Gasteiger partial charge in [0.2, 0.25) is 24.4 Å². The van der Waals surface area contributed by atoms with E-state index in [0.29, 0.717) is 28.5 Å². The lowest BCUT2D eigenvalue weighted by atomic mass is 10.0. The third-order valence-corrected chi connectivity index (χ3v) is 7.50. The van der Waals surface area contributed by atoms with E-state index >= 15 is 0 Å². The summed E-state index contributed by atoms with van der Waals surface area (Å²) in [7, 11) is 0. The summed E-state index contributed by atoms with van der Waals surface area (Å²) >= 11 is 1.46. The molecule has 0 radical (unpaired) electrons. The Bertz CT molecular complexity index is 1680. The van der Waals surface area contributed by atoms with Crippen molar-refractivity contribution in [3.05, 3.63) is 113 Å².